The van der Waals surface area contributed by atoms with Crippen LogP contribution >= 0.6 is 15.9 Å². The van der Waals surface area contributed by atoms with Crippen LogP contribution in [0.3, 0.4) is 0 Å². The van der Waals surface area contributed by atoms with E-state index in [1.165, 1.54) is 34.9 Å². The second-order valence-electron chi connectivity index (χ2n) is 4.06. The van der Waals surface area contributed by atoms with Gasteiger partial charge in [0.15, 0.2) is 0 Å². The van der Waals surface area contributed by atoms with Gasteiger partial charge < -0.3 is 5.32 Å². The standard InChI is InChI=1S/C12H16BrN/c1-9-4-2-5-10(12(9)13)8-14-11-6-3-7-11/h2,4-5,11,14H,3,6-8H2,1H3. The maximum absolute atomic E-state index is 3.63. The molecule has 0 atom stereocenters. The molecule has 1 aromatic carbocycles. The highest BCUT2D eigenvalue weighted by atomic mass is 79.9. The van der Waals surface area contributed by atoms with Gasteiger partial charge >= 0.3 is 0 Å². The molecule has 1 aliphatic rings. The summed E-state index contributed by atoms with van der Waals surface area (Å²) in [7, 11) is 0. The number of halogens is 1. The third-order valence-electron chi connectivity index (χ3n) is 2.96. The molecule has 1 nitrogen and oxygen atoms in total. The quantitative estimate of drug-likeness (QED) is 0.871. The number of hydrogen-bond donors (Lipinski definition) is 1. The molecular formula is C12H16BrN. The van der Waals surface area contributed by atoms with Crippen molar-refractivity contribution >= 4 is 15.9 Å². The van der Waals surface area contributed by atoms with Crippen LogP contribution < -0.4 is 5.32 Å². The van der Waals surface area contributed by atoms with Gasteiger partial charge in [-0.1, -0.05) is 40.5 Å². The van der Waals surface area contributed by atoms with E-state index < -0.39 is 0 Å². The number of hydrogen-bond acceptors (Lipinski definition) is 1. The fraction of sp³-hybridized carbons (Fsp3) is 0.500. The third-order valence-corrected chi connectivity index (χ3v) is 4.09. The maximum atomic E-state index is 3.63. The second-order valence-corrected chi connectivity index (χ2v) is 4.85. The molecule has 14 heavy (non-hydrogen) atoms. The van der Waals surface area contributed by atoms with E-state index in [9.17, 15) is 0 Å². The molecule has 0 aliphatic heterocycles. The minimum atomic E-state index is 0.766. The number of rotatable bonds is 3. The topological polar surface area (TPSA) is 12.0 Å². The zero-order chi connectivity index (χ0) is 9.97. The molecule has 0 saturated heterocycles. The maximum Gasteiger partial charge on any atom is 0.0249 e. The molecule has 0 aromatic heterocycles. The smallest absolute Gasteiger partial charge is 0.0249 e. The molecule has 0 spiro atoms. The summed E-state index contributed by atoms with van der Waals surface area (Å²) in [4.78, 5) is 0. The number of benzene rings is 1. The van der Waals surface area contributed by atoms with Crippen molar-refractivity contribution in [2.45, 2.75) is 38.8 Å². The fourth-order valence-corrected chi connectivity index (χ4v) is 2.12. The van der Waals surface area contributed by atoms with Crippen molar-refractivity contribution in [1.29, 1.82) is 0 Å². The normalized spacial score (nSPS) is 16.7. The van der Waals surface area contributed by atoms with Crippen LogP contribution in [0.2, 0.25) is 0 Å². The Kier molecular flexibility index (Phi) is 3.24. The zero-order valence-electron chi connectivity index (χ0n) is 8.52. The van der Waals surface area contributed by atoms with Crippen LogP contribution in [0.25, 0.3) is 0 Å². The van der Waals surface area contributed by atoms with Crippen LogP contribution in [0.5, 0.6) is 0 Å². The van der Waals surface area contributed by atoms with Crippen LogP contribution in [0, 0.1) is 6.92 Å². The van der Waals surface area contributed by atoms with Crippen LogP contribution in [-0.2, 0) is 6.54 Å². The van der Waals surface area contributed by atoms with Crippen LogP contribution in [0.15, 0.2) is 22.7 Å². The molecule has 2 rings (SSSR count). The van der Waals surface area contributed by atoms with E-state index >= 15 is 0 Å². The summed E-state index contributed by atoms with van der Waals surface area (Å²) >= 11 is 3.63. The van der Waals surface area contributed by atoms with Crippen LogP contribution in [0.4, 0.5) is 0 Å². The first kappa shape index (κ1) is 10.2. The Morgan fingerprint density at radius 1 is 1.43 bits per heavy atom. The third kappa shape index (κ3) is 2.18. The van der Waals surface area contributed by atoms with Gasteiger partial charge in [-0.05, 0) is 30.9 Å². The van der Waals surface area contributed by atoms with E-state index in [1.54, 1.807) is 0 Å². The first-order valence-electron chi connectivity index (χ1n) is 5.25. The highest BCUT2D eigenvalue weighted by Gasteiger charge is 2.16. The largest absolute Gasteiger partial charge is 0.310 e. The Morgan fingerprint density at radius 3 is 2.86 bits per heavy atom. The summed E-state index contributed by atoms with van der Waals surface area (Å²) in [5.41, 5.74) is 2.69. The summed E-state index contributed by atoms with van der Waals surface area (Å²) in [5, 5.41) is 3.57. The van der Waals surface area contributed by atoms with Crippen molar-refractivity contribution < 1.29 is 0 Å². The Labute approximate surface area is 94.0 Å². The first-order valence-corrected chi connectivity index (χ1v) is 6.04. The molecule has 0 unspecified atom stereocenters. The summed E-state index contributed by atoms with van der Waals surface area (Å²) < 4.78 is 1.26. The number of nitrogens with one attached hydrogen (secondary N) is 1. The van der Waals surface area contributed by atoms with Crippen molar-refractivity contribution in [3.63, 3.8) is 0 Å². The molecule has 0 bridgehead atoms. The molecule has 1 aliphatic carbocycles. The average molecular weight is 254 g/mol. The van der Waals surface area contributed by atoms with Crippen molar-refractivity contribution in [2.24, 2.45) is 0 Å². The predicted octanol–water partition coefficient (Wildman–Crippen LogP) is 3.40. The lowest BCUT2D eigenvalue weighted by molar-refractivity contribution is 0.338. The molecule has 1 saturated carbocycles. The van der Waals surface area contributed by atoms with E-state index in [0.29, 0.717) is 0 Å². The Morgan fingerprint density at radius 2 is 2.21 bits per heavy atom. The van der Waals surface area contributed by atoms with E-state index in [1.807, 2.05) is 0 Å². The molecule has 1 N–H and O–H groups in total. The minimum Gasteiger partial charge on any atom is -0.310 e. The van der Waals surface area contributed by atoms with Gasteiger partial charge in [-0.2, -0.15) is 0 Å². The van der Waals surface area contributed by atoms with Gasteiger partial charge in [0.05, 0.1) is 0 Å². The first-order chi connectivity index (χ1) is 6.77. The van der Waals surface area contributed by atoms with Crippen molar-refractivity contribution in [1.82, 2.24) is 5.32 Å². The van der Waals surface area contributed by atoms with E-state index in [0.717, 1.165) is 12.6 Å². The van der Waals surface area contributed by atoms with Crippen LogP contribution in [-0.4, -0.2) is 6.04 Å². The van der Waals surface area contributed by atoms with Crippen molar-refractivity contribution in [3.8, 4) is 0 Å². The Bertz CT molecular complexity index is 318. The van der Waals surface area contributed by atoms with E-state index in [-0.39, 0.29) is 0 Å². The van der Waals surface area contributed by atoms with Gasteiger partial charge in [0.1, 0.15) is 0 Å². The van der Waals surface area contributed by atoms with Gasteiger partial charge in [0.2, 0.25) is 0 Å². The lowest BCUT2D eigenvalue weighted by Gasteiger charge is -2.26. The van der Waals surface area contributed by atoms with Crippen LogP contribution in [0.1, 0.15) is 30.4 Å². The second kappa shape index (κ2) is 4.45. The zero-order valence-corrected chi connectivity index (χ0v) is 10.1. The van der Waals surface area contributed by atoms with E-state index in [2.05, 4.69) is 46.4 Å². The highest BCUT2D eigenvalue weighted by Crippen LogP contribution is 2.23. The highest BCUT2D eigenvalue weighted by molar-refractivity contribution is 9.10. The molecule has 1 fully saturated rings. The molecular weight excluding hydrogens is 238 g/mol. The minimum absolute atomic E-state index is 0.766. The van der Waals surface area contributed by atoms with Gasteiger partial charge in [-0.15, -0.1) is 0 Å². The van der Waals surface area contributed by atoms with Crippen molar-refractivity contribution in [2.75, 3.05) is 0 Å². The fourth-order valence-electron chi connectivity index (χ4n) is 1.71. The van der Waals surface area contributed by atoms with E-state index in [4.69, 9.17) is 0 Å². The van der Waals surface area contributed by atoms with Gasteiger partial charge in [-0.25, -0.2) is 0 Å². The van der Waals surface area contributed by atoms with Gasteiger partial charge in [-0.3, -0.25) is 0 Å². The Balaban J connectivity index is 1.97. The predicted molar refractivity (Wildman–Crippen MR) is 63.4 cm³/mol. The lowest BCUT2D eigenvalue weighted by atomic mass is 9.93. The molecule has 0 amide bonds. The monoisotopic (exact) mass is 253 g/mol. The summed E-state index contributed by atoms with van der Waals surface area (Å²) in [5.74, 6) is 0. The molecule has 0 radical (unpaired) electrons. The van der Waals surface area contributed by atoms with Gasteiger partial charge in [0.25, 0.3) is 0 Å². The summed E-state index contributed by atoms with van der Waals surface area (Å²) in [6.07, 6.45) is 4.10. The van der Waals surface area contributed by atoms with Gasteiger partial charge in [0, 0.05) is 17.1 Å². The summed E-state index contributed by atoms with van der Waals surface area (Å²) in [6, 6.07) is 7.21. The molecule has 2 heteroatoms. The van der Waals surface area contributed by atoms with Crippen molar-refractivity contribution in [3.05, 3.63) is 33.8 Å². The lowest BCUT2D eigenvalue weighted by Crippen LogP contribution is -2.34. The molecule has 76 valence electrons. The SMILES string of the molecule is Cc1cccc(CNC2CCC2)c1Br. The summed E-state index contributed by atoms with van der Waals surface area (Å²) in [6.45, 7) is 3.13. The average Bonchev–Trinajstić information content (AvgIpc) is 2.09. The Hall–Kier alpha value is -0.340. The molecule has 0 heterocycles. The number of aryl methyl sites for hydroxylation is 1. The molecule has 1 aromatic rings.